The van der Waals surface area contributed by atoms with Crippen LogP contribution in [0.2, 0.25) is 0 Å². The van der Waals surface area contributed by atoms with Crippen LogP contribution in [-0.4, -0.2) is 20.1 Å². The van der Waals surface area contributed by atoms with E-state index < -0.39 is 0 Å². The van der Waals surface area contributed by atoms with Gasteiger partial charge in [0.15, 0.2) is 11.5 Å². The first kappa shape index (κ1) is 17.6. The molecule has 0 aliphatic carbocycles. The van der Waals surface area contributed by atoms with E-state index in [1.54, 1.807) is 26.4 Å². The third-order valence-corrected chi connectivity index (χ3v) is 4.42. The molecule has 1 amide bonds. The average molecular weight is 425 g/mol. The fourth-order valence-corrected chi connectivity index (χ4v) is 2.89. The molecule has 0 atom stereocenters. The molecule has 0 saturated heterocycles. The van der Waals surface area contributed by atoms with Gasteiger partial charge in [0.25, 0.3) is 5.91 Å². The van der Waals surface area contributed by atoms with Crippen LogP contribution in [0.3, 0.4) is 0 Å². The summed E-state index contributed by atoms with van der Waals surface area (Å²) in [6.07, 6.45) is 0. The number of ether oxygens (including phenoxy) is 2. The van der Waals surface area contributed by atoms with Crippen molar-refractivity contribution in [1.29, 1.82) is 0 Å². The summed E-state index contributed by atoms with van der Waals surface area (Å²) < 4.78 is 11.3. The molecule has 0 radical (unpaired) electrons. The quantitative estimate of drug-likeness (QED) is 0.708. The highest BCUT2D eigenvalue weighted by Crippen LogP contribution is 2.31. The maximum Gasteiger partial charge on any atom is 0.256 e. The standard InChI is InChI=1S/C18H20INO3/c1-11(2)12-6-5-7-13(8-12)20-18(21)14-9-16(22-3)17(23-4)10-15(14)19/h5-11H,1-4H3,(H,20,21). The van der Waals surface area contributed by atoms with E-state index in [1.165, 1.54) is 5.56 Å². The van der Waals surface area contributed by atoms with Gasteiger partial charge in [0.05, 0.1) is 19.8 Å². The van der Waals surface area contributed by atoms with Crippen molar-refractivity contribution in [2.45, 2.75) is 19.8 Å². The number of nitrogens with one attached hydrogen (secondary N) is 1. The molecule has 2 aromatic carbocycles. The Hall–Kier alpha value is -1.76. The van der Waals surface area contributed by atoms with Gasteiger partial charge in [-0.3, -0.25) is 4.79 Å². The summed E-state index contributed by atoms with van der Waals surface area (Å²) in [6.45, 7) is 4.25. The molecule has 0 unspecified atom stereocenters. The largest absolute Gasteiger partial charge is 0.493 e. The molecule has 122 valence electrons. The summed E-state index contributed by atoms with van der Waals surface area (Å²) in [7, 11) is 3.13. The summed E-state index contributed by atoms with van der Waals surface area (Å²) in [5.74, 6) is 1.38. The van der Waals surface area contributed by atoms with Crippen molar-refractivity contribution >= 4 is 34.2 Å². The second-order valence-electron chi connectivity index (χ2n) is 5.42. The first-order chi connectivity index (χ1) is 11.0. The van der Waals surface area contributed by atoms with Gasteiger partial charge in [-0.05, 0) is 58.3 Å². The molecule has 1 N–H and O–H groups in total. The predicted octanol–water partition coefficient (Wildman–Crippen LogP) is 4.68. The molecule has 4 nitrogen and oxygen atoms in total. The van der Waals surface area contributed by atoms with Gasteiger partial charge in [0.2, 0.25) is 0 Å². The van der Waals surface area contributed by atoms with Gasteiger partial charge >= 0.3 is 0 Å². The molecule has 23 heavy (non-hydrogen) atoms. The summed E-state index contributed by atoms with van der Waals surface area (Å²) in [6, 6.07) is 11.4. The van der Waals surface area contributed by atoms with Gasteiger partial charge in [-0.25, -0.2) is 0 Å². The van der Waals surface area contributed by atoms with Crippen molar-refractivity contribution in [2.24, 2.45) is 0 Å². The molecule has 0 aliphatic heterocycles. The molecule has 0 spiro atoms. The van der Waals surface area contributed by atoms with Crippen molar-refractivity contribution in [2.75, 3.05) is 19.5 Å². The Bertz CT molecular complexity index is 713. The first-order valence-electron chi connectivity index (χ1n) is 7.29. The number of halogens is 1. The number of rotatable bonds is 5. The maximum absolute atomic E-state index is 12.6. The number of carbonyl (C=O) groups is 1. The topological polar surface area (TPSA) is 47.6 Å². The maximum atomic E-state index is 12.6. The molecular weight excluding hydrogens is 405 g/mol. The fraction of sp³-hybridized carbons (Fsp3) is 0.278. The lowest BCUT2D eigenvalue weighted by molar-refractivity contribution is 0.102. The van der Waals surface area contributed by atoms with E-state index in [4.69, 9.17) is 9.47 Å². The second-order valence-corrected chi connectivity index (χ2v) is 6.58. The summed E-state index contributed by atoms with van der Waals surface area (Å²) in [4.78, 5) is 12.6. The highest BCUT2D eigenvalue weighted by Gasteiger charge is 2.16. The average Bonchev–Trinajstić information content (AvgIpc) is 2.54. The van der Waals surface area contributed by atoms with Crippen LogP contribution in [-0.2, 0) is 0 Å². The molecule has 0 fully saturated rings. The third kappa shape index (κ3) is 4.16. The monoisotopic (exact) mass is 425 g/mol. The zero-order valence-corrected chi connectivity index (χ0v) is 15.8. The van der Waals surface area contributed by atoms with Gasteiger partial charge in [0, 0.05) is 9.26 Å². The Kier molecular flexibility index (Phi) is 5.87. The van der Waals surface area contributed by atoms with Crippen molar-refractivity contribution in [3.8, 4) is 11.5 Å². The number of carbonyl (C=O) groups excluding carboxylic acids is 1. The molecule has 0 saturated carbocycles. The van der Waals surface area contributed by atoms with Crippen LogP contribution in [0.15, 0.2) is 36.4 Å². The SMILES string of the molecule is COc1cc(I)c(C(=O)Nc2cccc(C(C)C)c2)cc1OC. The van der Waals surface area contributed by atoms with Gasteiger partial charge < -0.3 is 14.8 Å². The number of benzene rings is 2. The minimum absolute atomic E-state index is 0.170. The van der Waals surface area contributed by atoms with Crippen LogP contribution in [0.4, 0.5) is 5.69 Å². The van der Waals surface area contributed by atoms with Crippen molar-refractivity contribution in [3.63, 3.8) is 0 Å². The Morgan fingerprint density at radius 2 is 1.74 bits per heavy atom. The number of methoxy groups -OCH3 is 2. The minimum Gasteiger partial charge on any atom is -0.493 e. The lowest BCUT2D eigenvalue weighted by atomic mass is 10.0. The van der Waals surface area contributed by atoms with E-state index in [9.17, 15) is 4.79 Å². The normalized spacial score (nSPS) is 10.5. The van der Waals surface area contributed by atoms with E-state index in [-0.39, 0.29) is 5.91 Å². The molecule has 0 heterocycles. The third-order valence-electron chi connectivity index (χ3n) is 3.53. The Morgan fingerprint density at radius 3 is 2.35 bits per heavy atom. The van der Waals surface area contributed by atoms with Crippen LogP contribution in [0, 0.1) is 3.57 Å². The van der Waals surface area contributed by atoms with E-state index in [0.29, 0.717) is 23.0 Å². The lowest BCUT2D eigenvalue weighted by Gasteiger charge is -2.13. The van der Waals surface area contributed by atoms with Crippen LogP contribution in [0.1, 0.15) is 35.7 Å². The van der Waals surface area contributed by atoms with Gasteiger partial charge in [-0.15, -0.1) is 0 Å². The fourth-order valence-electron chi connectivity index (χ4n) is 2.20. The Balaban J connectivity index is 2.29. The molecule has 2 aromatic rings. The van der Waals surface area contributed by atoms with Crippen LogP contribution in [0.5, 0.6) is 11.5 Å². The van der Waals surface area contributed by atoms with Gasteiger partial charge in [0.1, 0.15) is 0 Å². The summed E-state index contributed by atoms with van der Waals surface area (Å²) in [5, 5.41) is 2.94. The van der Waals surface area contributed by atoms with Crippen LogP contribution < -0.4 is 14.8 Å². The molecule has 0 bridgehead atoms. The Labute approximate surface area is 150 Å². The van der Waals surface area contributed by atoms with E-state index >= 15 is 0 Å². The van der Waals surface area contributed by atoms with E-state index in [0.717, 1.165) is 9.26 Å². The Morgan fingerprint density at radius 1 is 1.09 bits per heavy atom. The zero-order chi connectivity index (χ0) is 17.0. The predicted molar refractivity (Wildman–Crippen MR) is 101 cm³/mol. The zero-order valence-electron chi connectivity index (χ0n) is 13.6. The number of hydrogen-bond donors (Lipinski definition) is 1. The second kappa shape index (κ2) is 7.68. The summed E-state index contributed by atoms with van der Waals surface area (Å²) >= 11 is 2.12. The van der Waals surface area contributed by atoms with Gasteiger partial charge in [-0.1, -0.05) is 26.0 Å². The molecular formula is C18H20INO3. The highest BCUT2D eigenvalue weighted by molar-refractivity contribution is 14.1. The molecule has 0 aliphatic rings. The van der Waals surface area contributed by atoms with E-state index in [2.05, 4.69) is 47.8 Å². The van der Waals surface area contributed by atoms with Crippen molar-refractivity contribution in [1.82, 2.24) is 0 Å². The van der Waals surface area contributed by atoms with E-state index in [1.807, 2.05) is 18.2 Å². The van der Waals surface area contributed by atoms with Crippen LogP contribution >= 0.6 is 22.6 Å². The number of hydrogen-bond acceptors (Lipinski definition) is 3. The van der Waals surface area contributed by atoms with Crippen molar-refractivity contribution in [3.05, 3.63) is 51.1 Å². The molecule has 5 heteroatoms. The lowest BCUT2D eigenvalue weighted by Crippen LogP contribution is -2.14. The smallest absolute Gasteiger partial charge is 0.256 e. The highest BCUT2D eigenvalue weighted by atomic mass is 127. The van der Waals surface area contributed by atoms with Gasteiger partial charge in [-0.2, -0.15) is 0 Å². The number of anilines is 1. The summed E-state index contributed by atoms with van der Waals surface area (Å²) in [5.41, 5.74) is 2.52. The number of amides is 1. The first-order valence-corrected chi connectivity index (χ1v) is 8.37. The molecule has 0 aromatic heterocycles. The van der Waals surface area contributed by atoms with Crippen LogP contribution in [0.25, 0.3) is 0 Å². The molecule has 2 rings (SSSR count). The minimum atomic E-state index is -0.170. The van der Waals surface area contributed by atoms with Crippen molar-refractivity contribution < 1.29 is 14.3 Å².